The molecule has 35 heavy (non-hydrogen) atoms. The number of carbonyl (C=O) groups is 1. The molecule has 4 nitrogen and oxygen atoms in total. The van der Waals surface area contributed by atoms with Gasteiger partial charge in [0.05, 0.1) is 6.61 Å². The summed E-state index contributed by atoms with van der Waals surface area (Å²) >= 11 is 1.74. The zero-order valence-electron chi connectivity index (χ0n) is 20.0. The van der Waals surface area contributed by atoms with Gasteiger partial charge in [0.15, 0.2) is 0 Å². The lowest BCUT2D eigenvalue weighted by molar-refractivity contribution is 0.0539. The second-order valence-electron chi connectivity index (χ2n) is 9.88. The van der Waals surface area contributed by atoms with Gasteiger partial charge in [-0.25, -0.2) is 4.39 Å². The molecule has 0 radical (unpaired) electrons. The maximum absolute atomic E-state index is 13.1. The van der Waals surface area contributed by atoms with Crippen molar-refractivity contribution in [3.63, 3.8) is 0 Å². The Hall–Kier alpha value is -2.54. The Balaban J connectivity index is 1.13. The van der Waals surface area contributed by atoms with Gasteiger partial charge in [-0.3, -0.25) is 4.79 Å². The van der Waals surface area contributed by atoms with Gasteiger partial charge < -0.3 is 14.5 Å². The van der Waals surface area contributed by atoms with Crippen LogP contribution in [-0.2, 0) is 11.3 Å². The lowest BCUT2D eigenvalue weighted by Crippen LogP contribution is -2.39. The molecule has 1 amide bonds. The average molecular weight is 493 g/mol. The van der Waals surface area contributed by atoms with E-state index in [1.165, 1.54) is 17.7 Å². The lowest BCUT2D eigenvalue weighted by Gasteiger charge is -2.34. The van der Waals surface area contributed by atoms with Crippen molar-refractivity contribution in [3.8, 4) is 0 Å². The minimum Gasteiger partial charge on any atom is -0.376 e. The van der Waals surface area contributed by atoms with E-state index in [2.05, 4.69) is 26.6 Å². The number of carbonyl (C=O) groups excluding carboxylic acids is 1. The summed E-state index contributed by atoms with van der Waals surface area (Å²) in [6, 6.07) is 18.4. The number of halogens is 1. The number of hydrogen-bond acceptors (Lipinski definition) is 4. The van der Waals surface area contributed by atoms with Gasteiger partial charge in [0.2, 0.25) is 0 Å². The van der Waals surface area contributed by atoms with Crippen LogP contribution in [-0.4, -0.2) is 55.0 Å². The van der Waals surface area contributed by atoms with Crippen molar-refractivity contribution >= 4 is 17.2 Å². The summed E-state index contributed by atoms with van der Waals surface area (Å²) < 4.78 is 19.0. The van der Waals surface area contributed by atoms with Crippen LogP contribution in [0.5, 0.6) is 0 Å². The number of benzene rings is 2. The zero-order chi connectivity index (χ0) is 24.0. The molecule has 3 aromatic rings. The van der Waals surface area contributed by atoms with E-state index in [1.54, 1.807) is 23.5 Å². The number of thiophene rings is 1. The maximum atomic E-state index is 13.1. The number of amides is 1. The third-order valence-corrected chi connectivity index (χ3v) is 8.16. The summed E-state index contributed by atoms with van der Waals surface area (Å²) in [5.74, 6) is 1.34. The standard InChI is InChI=1S/C29H33FN2O2S/c30-27-8-6-22(7-9-27)19-34-20-23-10-13-31(14-11-23)16-26-17-32(18-28(26)25-12-15-35-21-25)29(33)24-4-2-1-3-5-24/h1-9,12,15,21,23,26,28H,10-11,13-14,16-20H2. The molecule has 2 aromatic carbocycles. The number of nitrogens with zero attached hydrogens (tertiary/aromatic N) is 2. The highest BCUT2D eigenvalue weighted by Crippen LogP contribution is 2.36. The minimum absolute atomic E-state index is 0.144. The van der Waals surface area contributed by atoms with Gasteiger partial charge in [0, 0.05) is 37.7 Å². The monoisotopic (exact) mass is 492 g/mol. The molecular weight excluding hydrogens is 459 g/mol. The van der Waals surface area contributed by atoms with E-state index in [0.717, 1.165) is 63.3 Å². The molecule has 2 saturated heterocycles. The predicted molar refractivity (Wildman–Crippen MR) is 138 cm³/mol. The van der Waals surface area contributed by atoms with Gasteiger partial charge in [-0.2, -0.15) is 11.3 Å². The fourth-order valence-electron chi connectivity index (χ4n) is 5.44. The Morgan fingerprint density at radius 3 is 2.49 bits per heavy atom. The topological polar surface area (TPSA) is 32.8 Å². The summed E-state index contributed by atoms with van der Waals surface area (Å²) in [6.07, 6.45) is 2.26. The lowest BCUT2D eigenvalue weighted by atomic mass is 9.89. The molecule has 2 aliphatic heterocycles. The molecule has 2 fully saturated rings. The van der Waals surface area contributed by atoms with E-state index < -0.39 is 0 Å². The van der Waals surface area contributed by atoms with Crippen molar-refractivity contribution in [3.05, 3.63) is 93.9 Å². The normalized spacial score (nSPS) is 21.5. The van der Waals surface area contributed by atoms with Crippen LogP contribution in [0, 0.1) is 17.7 Å². The van der Waals surface area contributed by atoms with Gasteiger partial charge in [-0.05, 0) is 90.0 Å². The Labute approximate surface area is 211 Å². The molecule has 184 valence electrons. The molecule has 2 aliphatic rings. The molecule has 2 atom stereocenters. The maximum Gasteiger partial charge on any atom is 0.253 e. The second kappa shape index (κ2) is 11.5. The smallest absolute Gasteiger partial charge is 0.253 e. The third kappa shape index (κ3) is 6.18. The summed E-state index contributed by atoms with van der Waals surface area (Å²) in [7, 11) is 0. The molecule has 3 heterocycles. The zero-order valence-corrected chi connectivity index (χ0v) is 20.8. The second-order valence-corrected chi connectivity index (χ2v) is 10.7. The highest BCUT2D eigenvalue weighted by molar-refractivity contribution is 7.08. The van der Waals surface area contributed by atoms with Crippen LogP contribution < -0.4 is 0 Å². The molecule has 2 unspecified atom stereocenters. The summed E-state index contributed by atoms with van der Waals surface area (Å²) in [4.78, 5) is 17.8. The Kier molecular flexibility index (Phi) is 7.92. The average Bonchev–Trinajstić information content (AvgIpc) is 3.57. The first-order chi connectivity index (χ1) is 17.2. The first-order valence-corrected chi connectivity index (χ1v) is 13.5. The molecule has 0 bridgehead atoms. The van der Waals surface area contributed by atoms with Gasteiger partial charge in [0.1, 0.15) is 5.82 Å². The third-order valence-electron chi connectivity index (χ3n) is 7.46. The Morgan fingerprint density at radius 1 is 1.00 bits per heavy atom. The predicted octanol–water partition coefficient (Wildman–Crippen LogP) is 5.67. The fourth-order valence-corrected chi connectivity index (χ4v) is 6.17. The fraction of sp³-hybridized carbons (Fsp3) is 0.414. The molecule has 1 aromatic heterocycles. The first kappa shape index (κ1) is 24.2. The summed E-state index contributed by atoms with van der Waals surface area (Å²) in [5.41, 5.74) is 3.16. The quantitative estimate of drug-likeness (QED) is 0.406. The van der Waals surface area contributed by atoms with Crippen LogP contribution in [0.3, 0.4) is 0 Å². The number of rotatable bonds is 8. The van der Waals surface area contributed by atoms with Crippen molar-refractivity contribution in [2.45, 2.75) is 25.4 Å². The molecule has 0 spiro atoms. The van der Waals surface area contributed by atoms with Crippen molar-refractivity contribution in [2.75, 3.05) is 39.3 Å². The van der Waals surface area contributed by atoms with E-state index in [-0.39, 0.29) is 11.7 Å². The van der Waals surface area contributed by atoms with Crippen LogP contribution in [0.25, 0.3) is 0 Å². The number of hydrogen-bond donors (Lipinski definition) is 0. The highest BCUT2D eigenvalue weighted by atomic mass is 32.1. The summed E-state index contributed by atoms with van der Waals surface area (Å²) in [5, 5.41) is 4.39. The number of likely N-dealkylation sites (tertiary alicyclic amines) is 2. The van der Waals surface area contributed by atoms with Crippen molar-refractivity contribution in [1.29, 1.82) is 0 Å². The van der Waals surface area contributed by atoms with E-state index in [9.17, 15) is 9.18 Å². The molecule has 0 saturated carbocycles. The number of piperidine rings is 1. The van der Waals surface area contributed by atoms with Gasteiger partial charge in [0.25, 0.3) is 5.91 Å². The van der Waals surface area contributed by atoms with Crippen molar-refractivity contribution in [1.82, 2.24) is 9.80 Å². The van der Waals surface area contributed by atoms with Crippen LogP contribution in [0.1, 0.15) is 40.2 Å². The number of ether oxygens (including phenoxy) is 1. The molecule has 6 heteroatoms. The van der Waals surface area contributed by atoms with Crippen LogP contribution >= 0.6 is 11.3 Å². The van der Waals surface area contributed by atoms with Gasteiger partial charge in [-0.1, -0.05) is 30.3 Å². The minimum atomic E-state index is -0.211. The van der Waals surface area contributed by atoms with E-state index >= 15 is 0 Å². The van der Waals surface area contributed by atoms with Crippen molar-refractivity contribution in [2.24, 2.45) is 11.8 Å². The van der Waals surface area contributed by atoms with Crippen molar-refractivity contribution < 1.29 is 13.9 Å². The molecule has 5 rings (SSSR count). The van der Waals surface area contributed by atoms with Crippen LogP contribution in [0.2, 0.25) is 0 Å². The molecule has 0 aliphatic carbocycles. The highest BCUT2D eigenvalue weighted by Gasteiger charge is 2.38. The Morgan fingerprint density at radius 2 is 1.77 bits per heavy atom. The Bertz CT molecular complexity index is 1070. The summed E-state index contributed by atoms with van der Waals surface area (Å²) in [6.45, 7) is 6.08. The van der Waals surface area contributed by atoms with Crippen LogP contribution in [0.15, 0.2) is 71.4 Å². The molecule has 0 N–H and O–H groups in total. The van der Waals surface area contributed by atoms with E-state index in [1.807, 2.05) is 30.3 Å². The molecular formula is C29H33FN2O2S. The van der Waals surface area contributed by atoms with E-state index in [0.29, 0.717) is 24.4 Å². The largest absolute Gasteiger partial charge is 0.376 e. The SMILES string of the molecule is O=C(c1ccccc1)N1CC(CN2CCC(COCc3ccc(F)cc3)CC2)C(c2ccsc2)C1. The van der Waals surface area contributed by atoms with Gasteiger partial charge >= 0.3 is 0 Å². The van der Waals surface area contributed by atoms with E-state index in [4.69, 9.17) is 4.74 Å². The first-order valence-electron chi connectivity index (χ1n) is 12.6. The van der Waals surface area contributed by atoms with Gasteiger partial charge in [-0.15, -0.1) is 0 Å². The van der Waals surface area contributed by atoms with Crippen LogP contribution in [0.4, 0.5) is 4.39 Å².